The van der Waals surface area contributed by atoms with Crippen LogP contribution in [0.15, 0.2) is 0 Å². The highest BCUT2D eigenvalue weighted by molar-refractivity contribution is 6.18. The fourth-order valence-electron chi connectivity index (χ4n) is 0.894. The molecule has 0 saturated heterocycles. The van der Waals surface area contributed by atoms with Gasteiger partial charge in [0.2, 0.25) is 0 Å². The molecule has 0 heterocycles. The van der Waals surface area contributed by atoms with Crippen LogP contribution in [0.5, 0.6) is 0 Å². The van der Waals surface area contributed by atoms with Crippen LogP contribution in [0.1, 0.15) is 33.6 Å². The van der Waals surface area contributed by atoms with Crippen molar-refractivity contribution in [2.75, 3.05) is 5.88 Å². The third kappa shape index (κ3) is 7.19. The maximum absolute atomic E-state index is 11.2. The second-order valence-electron chi connectivity index (χ2n) is 3.36. The monoisotopic (exact) mass is 236 g/mol. The van der Waals surface area contributed by atoms with Crippen LogP contribution in [0, 0.1) is 0 Å². The molecule has 0 amide bonds. The highest BCUT2D eigenvalue weighted by Gasteiger charge is 2.18. The third-order valence-electron chi connectivity index (χ3n) is 1.52. The van der Waals surface area contributed by atoms with Gasteiger partial charge in [-0.1, -0.05) is 6.92 Å². The van der Waals surface area contributed by atoms with Crippen molar-refractivity contribution in [3.8, 4) is 0 Å². The molecule has 1 unspecified atom stereocenters. The number of rotatable bonds is 6. The van der Waals surface area contributed by atoms with Crippen molar-refractivity contribution in [3.63, 3.8) is 0 Å². The molecule has 15 heavy (non-hydrogen) atoms. The Hall–Kier alpha value is -0.770. The van der Waals surface area contributed by atoms with E-state index in [-0.39, 0.29) is 30.8 Å². The fourth-order valence-corrected chi connectivity index (χ4v) is 1.07. The van der Waals surface area contributed by atoms with Crippen LogP contribution in [0.2, 0.25) is 0 Å². The quantitative estimate of drug-likeness (QED) is 0.522. The van der Waals surface area contributed by atoms with Gasteiger partial charge in [0.1, 0.15) is 6.10 Å². The lowest BCUT2D eigenvalue weighted by atomic mass is 10.3. The Morgan fingerprint density at radius 3 is 2.20 bits per heavy atom. The van der Waals surface area contributed by atoms with Gasteiger partial charge in [-0.3, -0.25) is 9.59 Å². The molecule has 0 bridgehead atoms. The molecule has 1 atom stereocenters. The Bertz CT molecular complexity index is 215. The van der Waals surface area contributed by atoms with Gasteiger partial charge in [0.15, 0.2) is 0 Å². The molecule has 0 aliphatic heterocycles. The van der Waals surface area contributed by atoms with E-state index in [1.807, 2.05) is 0 Å². The number of halogens is 1. The predicted octanol–water partition coefficient (Wildman–Crippen LogP) is 1.89. The average Bonchev–Trinajstić information content (AvgIpc) is 2.15. The molecule has 0 aliphatic rings. The van der Waals surface area contributed by atoms with Crippen molar-refractivity contribution in [2.24, 2.45) is 0 Å². The van der Waals surface area contributed by atoms with Gasteiger partial charge in [-0.2, -0.15) is 0 Å². The number of hydrogen-bond acceptors (Lipinski definition) is 4. The number of alkyl halides is 1. The summed E-state index contributed by atoms with van der Waals surface area (Å²) in [5.74, 6) is -0.670. The van der Waals surface area contributed by atoms with Gasteiger partial charge in [-0.25, -0.2) is 0 Å². The smallest absolute Gasteiger partial charge is 0.309 e. The van der Waals surface area contributed by atoms with E-state index in [4.69, 9.17) is 21.1 Å². The summed E-state index contributed by atoms with van der Waals surface area (Å²) in [6.45, 7) is 5.19. The van der Waals surface area contributed by atoms with E-state index >= 15 is 0 Å². The molecule has 4 nitrogen and oxygen atoms in total. The standard InChI is InChI=1S/C10H17ClO4/c1-4-9(12)15-8(6-11)5-10(13)14-7(2)3/h7-8H,4-6H2,1-3H3. The van der Waals surface area contributed by atoms with Crippen LogP contribution in [-0.2, 0) is 19.1 Å². The Kier molecular flexibility index (Phi) is 7.13. The summed E-state index contributed by atoms with van der Waals surface area (Å²) in [4.78, 5) is 22.2. The zero-order chi connectivity index (χ0) is 11.8. The Balaban J connectivity index is 3.98. The second-order valence-corrected chi connectivity index (χ2v) is 3.67. The van der Waals surface area contributed by atoms with Gasteiger partial charge in [0, 0.05) is 6.42 Å². The first kappa shape index (κ1) is 14.2. The van der Waals surface area contributed by atoms with E-state index in [0.717, 1.165) is 0 Å². The van der Waals surface area contributed by atoms with Crippen molar-refractivity contribution in [2.45, 2.75) is 45.8 Å². The lowest BCUT2D eigenvalue weighted by molar-refractivity contribution is -0.155. The summed E-state index contributed by atoms with van der Waals surface area (Å²) >= 11 is 5.56. The lowest BCUT2D eigenvalue weighted by Crippen LogP contribution is -2.25. The summed E-state index contributed by atoms with van der Waals surface area (Å²) in [7, 11) is 0. The molecule has 88 valence electrons. The van der Waals surface area contributed by atoms with Crippen molar-refractivity contribution in [3.05, 3.63) is 0 Å². The molecular formula is C10H17ClO4. The van der Waals surface area contributed by atoms with E-state index in [9.17, 15) is 9.59 Å². The predicted molar refractivity (Wildman–Crippen MR) is 56.7 cm³/mol. The van der Waals surface area contributed by atoms with Crippen LogP contribution in [0.25, 0.3) is 0 Å². The minimum Gasteiger partial charge on any atom is -0.463 e. The molecule has 0 spiro atoms. The van der Waals surface area contributed by atoms with E-state index in [2.05, 4.69) is 0 Å². The minimum atomic E-state index is -0.592. The molecule has 0 radical (unpaired) electrons. The highest BCUT2D eigenvalue weighted by Crippen LogP contribution is 2.06. The number of carbonyl (C=O) groups is 2. The first-order chi connectivity index (χ1) is 6.99. The summed E-state index contributed by atoms with van der Waals surface area (Å²) in [5.41, 5.74) is 0. The van der Waals surface area contributed by atoms with Gasteiger partial charge in [-0.15, -0.1) is 11.6 Å². The van der Waals surface area contributed by atoms with Crippen molar-refractivity contribution < 1.29 is 19.1 Å². The van der Waals surface area contributed by atoms with E-state index in [0.29, 0.717) is 0 Å². The van der Waals surface area contributed by atoms with Gasteiger partial charge in [0.25, 0.3) is 0 Å². The van der Waals surface area contributed by atoms with Crippen LogP contribution in [0.4, 0.5) is 0 Å². The molecule has 0 aliphatic carbocycles. The average molecular weight is 237 g/mol. The zero-order valence-corrected chi connectivity index (χ0v) is 10.0. The van der Waals surface area contributed by atoms with Crippen LogP contribution >= 0.6 is 11.6 Å². The van der Waals surface area contributed by atoms with Crippen molar-refractivity contribution in [1.29, 1.82) is 0 Å². The summed E-state index contributed by atoms with van der Waals surface area (Å²) in [5, 5.41) is 0. The Morgan fingerprint density at radius 2 is 1.80 bits per heavy atom. The second kappa shape index (κ2) is 7.51. The number of esters is 2. The number of carbonyl (C=O) groups excluding carboxylic acids is 2. The number of ether oxygens (including phenoxy) is 2. The SMILES string of the molecule is CCC(=O)OC(CCl)CC(=O)OC(C)C. The summed E-state index contributed by atoms with van der Waals surface area (Å²) < 4.78 is 9.84. The van der Waals surface area contributed by atoms with Crippen molar-refractivity contribution in [1.82, 2.24) is 0 Å². The van der Waals surface area contributed by atoms with Crippen LogP contribution in [0.3, 0.4) is 0 Å². The van der Waals surface area contributed by atoms with E-state index in [1.165, 1.54) is 0 Å². The first-order valence-electron chi connectivity index (χ1n) is 4.94. The third-order valence-corrected chi connectivity index (χ3v) is 1.86. The van der Waals surface area contributed by atoms with Crippen molar-refractivity contribution >= 4 is 23.5 Å². The molecule has 5 heteroatoms. The van der Waals surface area contributed by atoms with E-state index in [1.54, 1.807) is 20.8 Å². The van der Waals surface area contributed by atoms with Gasteiger partial charge < -0.3 is 9.47 Å². The first-order valence-corrected chi connectivity index (χ1v) is 5.48. The number of hydrogen-bond donors (Lipinski definition) is 0. The van der Waals surface area contributed by atoms with Gasteiger partial charge in [0.05, 0.1) is 18.4 Å². The molecule has 0 aromatic carbocycles. The molecule has 0 fully saturated rings. The highest BCUT2D eigenvalue weighted by atomic mass is 35.5. The molecule has 0 aromatic rings. The molecule has 0 rings (SSSR count). The zero-order valence-electron chi connectivity index (χ0n) is 9.29. The molecule has 0 saturated carbocycles. The molecule has 0 aromatic heterocycles. The minimum absolute atomic E-state index is 0.00736. The van der Waals surface area contributed by atoms with E-state index < -0.39 is 12.1 Å². The Labute approximate surface area is 94.9 Å². The van der Waals surface area contributed by atoms with Gasteiger partial charge in [-0.05, 0) is 13.8 Å². The Morgan fingerprint density at radius 1 is 1.20 bits per heavy atom. The fraction of sp³-hybridized carbons (Fsp3) is 0.800. The normalized spacial score (nSPS) is 12.3. The van der Waals surface area contributed by atoms with Crippen LogP contribution < -0.4 is 0 Å². The van der Waals surface area contributed by atoms with Crippen LogP contribution in [-0.4, -0.2) is 30.0 Å². The molecular weight excluding hydrogens is 220 g/mol. The summed E-state index contributed by atoms with van der Waals surface area (Å²) in [6, 6.07) is 0. The maximum Gasteiger partial charge on any atom is 0.309 e. The molecule has 0 N–H and O–H groups in total. The largest absolute Gasteiger partial charge is 0.463 e. The lowest BCUT2D eigenvalue weighted by Gasteiger charge is -2.15. The van der Waals surface area contributed by atoms with Gasteiger partial charge >= 0.3 is 11.9 Å². The topological polar surface area (TPSA) is 52.6 Å². The summed E-state index contributed by atoms with van der Waals surface area (Å²) in [6.07, 6.45) is -0.485. The maximum atomic E-state index is 11.2.